The number of nitrogens with two attached hydrogens (primary N) is 1. The zero-order valence-corrected chi connectivity index (χ0v) is 19.8. The molecule has 0 saturated carbocycles. The summed E-state index contributed by atoms with van der Waals surface area (Å²) < 4.78 is 11.1. The van der Waals surface area contributed by atoms with Gasteiger partial charge in [-0.05, 0) is 36.8 Å². The van der Waals surface area contributed by atoms with E-state index in [2.05, 4.69) is 20.9 Å². The standard InChI is InChI=1S/C24H22N6O7/c1-23(20(25)33,27-11-31)14-5-13-6-17(37-18(13)26-8-14)24(21(34)28-22(35)29-24)10-30-9-12-3-4-15(36-2)7-16(12)19(30)32/h3-8,11H,9-10H2,1-2H3,(H2,25,33)(H,27,31)(H2,28,29,34,35)/t23?,24-/m0/s1. The van der Waals surface area contributed by atoms with Crippen LogP contribution in [-0.4, -0.2) is 53.7 Å². The molecule has 2 atom stereocenters. The Morgan fingerprint density at radius 3 is 2.76 bits per heavy atom. The largest absolute Gasteiger partial charge is 0.497 e. The van der Waals surface area contributed by atoms with Crippen molar-refractivity contribution in [3.05, 3.63) is 59.0 Å². The number of carbonyl (C=O) groups excluding carboxylic acids is 5. The van der Waals surface area contributed by atoms with Crippen molar-refractivity contribution in [1.29, 1.82) is 0 Å². The van der Waals surface area contributed by atoms with Crippen molar-refractivity contribution in [2.75, 3.05) is 13.7 Å². The minimum atomic E-state index is -1.74. The fraction of sp³-hybridized carbons (Fsp3) is 0.250. The number of urea groups is 1. The predicted molar refractivity (Wildman–Crippen MR) is 126 cm³/mol. The highest BCUT2D eigenvalue weighted by atomic mass is 16.5. The van der Waals surface area contributed by atoms with Crippen LogP contribution in [0.4, 0.5) is 4.79 Å². The number of fused-ring (bicyclic) bond motifs is 2. The molecule has 37 heavy (non-hydrogen) atoms. The van der Waals surface area contributed by atoms with Crippen LogP contribution in [0.5, 0.6) is 5.75 Å². The molecular weight excluding hydrogens is 484 g/mol. The zero-order chi connectivity index (χ0) is 26.5. The van der Waals surface area contributed by atoms with Gasteiger partial charge in [0, 0.05) is 29.3 Å². The molecule has 4 heterocycles. The number of hydrogen-bond acceptors (Lipinski definition) is 8. The molecule has 5 rings (SSSR count). The maximum Gasteiger partial charge on any atom is 0.322 e. The number of benzene rings is 1. The summed E-state index contributed by atoms with van der Waals surface area (Å²) in [5.41, 5.74) is 3.76. The summed E-state index contributed by atoms with van der Waals surface area (Å²) in [5, 5.41) is 7.58. The Bertz CT molecular complexity index is 1500. The Labute approximate surface area is 209 Å². The van der Waals surface area contributed by atoms with Gasteiger partial charge >= 0.3 is 6.03 Å². The van der Waals surface area contributed by atoms with Gasteiger partial charge in [-0.15, -0.1) is 0 Å². The minimum absolute atomic E-state index is 0.0287. The van der Waals surface area contributed by atoms with Crippen LogP contribution in [0.15, 0.2) is 40.9 Å². The highest BCUT2D eigenvalue weighted by molar-refractivity contribution is 6.08. The average molecular weight is 506 g/mol. The molecule has 5 N–H and O–H groups in total. The van der Waals surface area contributed by atoms with E-state index in [1.807, 2.05) is 0 Å². The number of furan rings is 1. The van der Waals surface area contributed by atoms with Gasteiger partial charge < -0.3 is 30.4 Å². The van der Waals surface area contributed by atoms with Crippen molar-refractivity contribution >= 4 is 41.3 Å². The zero-order valence-electron chi connectivity index (χ0n) is 19.8. The number of aromatic nitrogens is 1. The first-order valence-corrected chi connectivity index (χ1v) is 11.1. The number of amides is 6. The molecule has 1 aromatic carbocycles. The molecule has 0 spiro atoms. The van der Waals surface area contributed by atoms with Crippen molar-refractivity contribution in [2.45, 2.75) is 24.5 Å². The van der Waals surface area contributed by atoms with Gasteiger partial charge in [0.1, 0.15) is 17.0 Å². The summed E-state index contributed by atoms with van der Waals surface area (Å²) in [5.74, 6) is -1.31. The van der Waals surface area contributed by atoms with Gasteiger partial charge in [0.2, 0.25) is 18.0 Å². The fourth-order valence-electron chi connectivity index (χ4n) is 4.57. The number of pyridine rings is 1. The number of methoxy groups -OCH3 is 1. The monoisotopic (exact) mass is 506 g/mol. The highest BCUT2D eigenvalue weighted by Crippen LogP contribution is 2.35. The van der Waals surface area contributed by atoms with Gasteiger partial charge in [0.25, 0.3) is 11.8 Å². The molecule has 0 bridgehead atoms. The Morgan fingerprint density at radius 2 is 2.11 bits per heavy atom. The minimum Gasteiger partial charge on any atom is -0.497 e. The van der Waals surface area contributed by atoms with E-state index >= 15 is 0 Å². The molecule has 0 radical (unpaired) electrons. The molecule has 0 aliphatic carbocycles. The molecule has 2 aromatic heterocycles. The lowest BCUT2D eigenvalue weighted by molar-refractivity contribution is -0.127. The van der Waals surface area contributed by atoms with Gasteiger partial charge in [-0.2, -0.15) is 0 Å². The third kappa shape index (κ3) is 3.63. The summed E-state index contributed by atoms with van der Waals surface area (Å²) in [4.78, 5) is 67.3. The molecule has 3 aromatic rings. The van der Waals surface area contributed by atoms with E-state index in [1.54, 1.807) is 18.2 Å². The van der Waals surface area contributed by atoms with Crippen LogP contribution in [0.25, 0.3) is 11.1 Å². The van der Waals surface area contributed by atoms with Gasteiger partial charge in [0.05, 0.1) is 13.7 Å². The molecule has 13 heteroatoms. The molecule has 1 unspecified atom stereocenters. The molecule has 6 amide bonds. The number of primary amides is 1. The van der Waals surface area contributed by atoms with E-state index < -0.39 is 28.9 Å². The number of rotatable bonds is 8. The van der Waals surface area contributed by atoms with E-state index in [1.165, 1.54) is 37.3 Å². The first-order chi connectivity index (χ1) is 17.6. The Morgan fingerprint density at radius 1 is 1.32 bits per heavy atom. The molecule has 1 saturated heterocycles. The molecule has 13 nitrogen and oxygen atoms in total. The second kappa shape index (κ2) is 8.33. The van der Waals surface area contributed by atoms with Crippen molar-refractivity contribution < 1.29 is 33.1 Å². The summed E-state index contributed by atoms with van der Waals surface area (Å²) in [6, 6.07) is 7.38. The number of nitrogens with one attached hydrogen (secondary N) is 3. The quantitative estimate of drug-likeness (QED) is 0.242. The van der Waals surface area contributed by atoms with Crippen LogP contribution >= 0.6 is 0 Å². The van der Waals surface area contributed by atoms with Crippen LogP contribution in [0.1, 0.15) is 34.2 Å². The van der Waals surface area contributed by atoms with Crippen LogP contribution in [0, 0.1) is 0 Å². The summed E-state index contributed by atoms with van der Waals surface area (Å²) >= 11 is 0. The SMILES string of the molecule is COc1ccc2c(c1)C(=O)N(C[C@@]1(c3cc4cc(C(C)(NC=O)C(N)=O)cnc4o3)NC(=O)NC1=O)C2. The van der Waals surface area contributed by atoms with E-state index in [-0.39, 0.29) is 36.0 Å². The second-order valence-corrected chi connectivity index (χ2v) is 8.98. The third-order valence-corrected chi connectivity index (χ3v) is 6.78. The Hall–Kier alpha value is -4.94. The van der Waals surface area contributed by atoms with Crippen LogP contribution in [0.3, 0.4) is 0 Å². The van der Waals surface area contributed by atoms with E-state index in [0.29, 0.717) is 23.1 Å². The molecule has 2 aliphatic rings. The first-order valence-electron chi connectivity index (χ1n) is 11.1. The third-order valence-electron chi connectivity index (χ3n) is 6.78. The van der Waals surface area contributed by atoms with E-state index in [9.17, 15) is 24.0 Å². The van der Waals surface area contributed by atoms with E-state index in [4.69, 9.17) is 14.9 Å². The van der Waals surface area contributed by atoms with Crippen molar-refractivity contribution in [2.24, 2.45) is 5.73 Å². The van der Waals surface area contributed by atoms with Crippen molar-refractivity contribution in [1.82, 2.24) is 25.8 Å². The maximum atomic E-state index is 13.2. The highest BCUT2D eigenvalue weighted by Gasteiger charge is 2.53. The summed E-state index contributed by atoms with van der Waals surface area (Å²) in [7, 11) is 1.49. The Kier molecular flexibility index (Phi) is 5.35. The normalized spacial score (nSPS) is 20.3. The number of imide groups is 1. The van der Waals surface area contributed by atoms with Gasteiger partial charge in [-0.3, -0.25) is 24.5 Å². The number of carbonyl (C=O) groups is 5. The fourth-order valence-corrected chi connectivity index (χ4v) is 4.57. The number of ether oxygens (including phenoxy) is 1. The summed E-state index contributed by atoms with van der Waals surface area (Å²) in [6.07, 6.45) is 1.66. The van der Waals surface area contributed by atoms with Crippen molar-refractivity contribution in [3.63, 3.8) is 0 Å². The van der Waals surface area contributed by atoms with Crippen molar-refractivity contribution in [3.8, 4) is 5.75 Å². The van der Waals surface area contributed by atoms with Gasteiger partial charge in [-0.25, -0.2) is 9.78 Å². The number of nitrogens with zero attached hydrogens (tertiary/aromatic N) is 2. The van der Waals surface area contributed by atoms with E-state index in [0.717, 1.165) is 5.56 Å². The van der Waals surface area contributed by atoms with Crippen LogP contribution in [-0.2, 0) is 32.0 Å². The average Bonchev–Trinajstić information content (AvgIpc) is 3.52. The summed E-state index contributed by atoms with van der Waals surface area (Å²) in [6.45, 7) is 1.41. The Balaban J connectivity index is 1.54. The van der Waals surface area contributed by atoms with Crippen LogP contribution < -0.4 is 26.4 Å². The topological polar surface area (TPSA) is 186 Å². The van der Waals surface area contributed by atoms with Gasteiger partial charge in [-0.1, -0.05) is 6.07 Å². The smallest absolute Gasteiger partial charge is 0.322 e. The lowest BCUT2D eigenvalue weighted by Crippen LogP contribution is -2.52. The first kappa shape index (κ1) is 23.8. The lowest BCUT2D eigenvalue weighted by atomic mass is 9.92. The lowest BCUT2D eigenvalue weighted by Gasteiger charge is -2.28. The van der Waals surface area contributed by atoms with Gasteiger partial charge in [0.15, 0.2) is 5.54 Å². The molecule has 190 valence electrons. The predicted octanol–water partition coefficient (Wildman–Crippen LogP) is -0.0264. The number of hydrogen-bond donors (Lipinski definition) is 4. The molecule has 1 fully saturated rings. The maximum absolute atomic E-state index is 13.2. The van der Waals surface area contributed by atoms with Crippen LogP contribution in [0.2, 0.25) is 0 Å². The second-order valence-electron chi connectivity index (χ2n) is 8.98. The molecular formula is C24H22N6O7. The molecule has 2 aliphatic heterocycles.